The van der Waals surface area contributed by atoms with Gasteiger partial charge in [0, 0.05) is 25.2 Å². The Hall–Kier alpha value is -3.81. The topological polar surface area (TPSA) is 102 Å². The molecule has 156 valence electrons. The molecule has 8 nitrogen and oxygen atoms in total. The van der Waals surface area contributed by atoms with E-state index in [0.29, 0.717) is 5.56 Å². The molecule has 0 radical (unpaired) electrons. The summed E-state index contributed by atoms with van der Waals surface area (Å²) in [6.45, 7) is 0.117. The van der Waals surface area contributed by atoms with Crippen LogP contribution in [0.15, 0.2) is 71.7 Å². The third-order valence-corrected chi connectivity index (χ3v) is 4.45. The van der Waals surface area contributed by atoms with Crippen LogP contribution in [0.3, 0.4) is 0 Å². The molecule has 3 aromatic rings. The number of carbonyl (C=O) groups is 2. The van der Waals surface area contributed by atoms with Crippen LogP contribution in [0.5, 0.6) is 0 Å². The standard InChI is InChI=1S/C22H23N3O5/c1-25-20(26)18(13-23-25)12-19(21(27)29-14-16-8-4-2-5-9-16)24-22(28)30-15-17-10-6-3-7-11-17/h2-11,13,19,23H,12,14-15H2,1H3,(H,24,28)/t19-/m0/s1. The fourth-order valence-electron chi connectivity index (χ4n) is 2.81. The number of ether oxygens (including phenoxy) is 2. The fraction of sp³-hybridized carbons (Fsp3) is 0.227. The Labute approximate surface area is 173 Å². The summed E-state index contributed by atoms with van der Waals surface area (Å²) in [4.78, 5) is 37.0. The summed E-state index contributed by atoms with van der Waals surface area (Å²) in [5.74, 6) is -0.654. The molecule has 0 saturated carbocycles. The smallest absolute Gasteiger partial charge is 0.408 e. The Balaban J connectivity index is 1.64. The minimum absolute atomic E-state index is 0.0236. The number of hydrogen-bond acceptors (Lipinski definition) is 5. The van der Waals surface area contributed by atoms with Crippen molar-refractivity contribution in [3.8, 4) is 0 Å². The summed E-state index contributed by atoms with van der Waals surface area (Å²) < 4.78 is 11.8. The summed E-state index contributed by atoms with van der Waals surface area (Å²) in [5, 5.41) is 5.26. The minimum atomic E-state index is -1.07. The van der Waals surface area contributed by atoms with Gasteiger partial charge in [-0.15, -0.1) is 0 Å². The van der Waals surface area contributed by atoms with E-state index < -0.39 is 18.1 Å². The number of aryl methyl sites for hydroxylation is 1. The Bertz CT molecular complexity index is 1030. The number of rotatable bonds is 8. The third-order valence-electron chi connectivity index (χ3n) is 4.45. The average Bonchev–Trinajstić information content (AvgIpc) is 3.09. The lowest BCUT2D eigenvalue weighted by Gasteiger charge is -2.17. The molecule has 2 aromatic carbocycles. The first-order valence-corrected chi connectivity index (χ1v) is 9.44. The van der Waals surface area contributed by atoms with Crippen molar-refractivity contribution in [2.45, 2.75) is 25.7 Å². The maximum atomic E-state index is 12.6. The highest BCUT2D eigenvalue weighted by Crippen LogP contribution is 2.06. The maximum absolute atomic E-state index is 12.6. The van der Waals surface area contributed by atoms with Crippen LogP contribution in [0.4, 0.5) is 4.79 Å². The first-order valence-electron chi connectivity index (χ1n) is 9.44. The molecule has 0 spiro atoms. The molecule has 0 unspecified atom stereocenters. The second kappa shape index (κ2) is 10.1. The summed E-state index contributed by atoms with van der Waals surface area (Å²) in [5.41, 5.74) is 1.70. The largest absolute Gasteiger partial charge is 0.459 e. The molecule has 0 aliphatic carbocycles. The van der Waals surface area contributed by atoms with Crippen molar-refractivity contribution in [1.29, 1.82) is 0 Å². The number of aromatic nitrogens is 2. The molecule has 0 bridgehead atoms. The van der Waals surface area contributed by atoms with Gasteiger partial charge in [0.2, 0.25) is 0 Å². The third kappa shape index (κ3) is 5.84. The van der Waals surface area contributed by atoms with Gasteiger partial charge >= 0.3 is 12.1 Å². The van der Waals surface area contributed by atoms with E-state index in [9.17, 15) is 14.4 Å². The number of carbonyl (C=O) groups excluding carboxylic acids is 2. The second-order valence-electron chi connectivity index (χ2n) is 6.72. The molecule has 1 atom stereocenters. The number of nitrogens with zero attached hydrogens (tertiary/aromatic N) is 1. The molecule has 0 saturated heterocycles. The number of H-pyrrole nitrogens is 1. The summed E-state index contributed by atoms with van der Waals surface area (Å²) in [6.07, 6.45) is 0.703. The van der Waals surface area contributed by atoms with Gasteiger partial charge in [0.05, 0.1) is 0 Å². The van der Waals surface area contributed by atoms with E-state index in [-0.39, 0.29) is 25.2 Å². The summed E-state index contributed by atoms with van der Waals surface area (Å²) in [6, 6.07) is 17.3. The molecule has 0 aliphatic heterocycles. The molecule has 1 heterocycles. The first kappa shape index (κ1) is 20.9. The van der Waals surface area contributed by atoms with Crippen LogP contribution in [0.2, 0.25) is 0 Å². The number of nitrogens with one attached hydrogen (secondary N) is 2. The van der Waals surface area contributed by atoms with Gasteiger partial charge in [0.15, 0.2) is 0 Å². The van der Waals surface area contributed by atoms with Gasteiger partial charge in [-0.2, -0.15) is 0 Å². The lowest BCUT2D eigenvalue weighted by atomic mass is 10.1. The van der Waals surface area contributed by atoms with Crippen molar-refractivity contribution in [2.24, 2.45) is 7.05 Å². The van der Waals surface area contributed by atoms with E-state index >= 15 is 0 Å². The Morgan fingerprint density at radius 3 is 2.07 bits per heavy atom. The normalized spacial score (nSPS) is 11.5. The van der Waals surface area contributed by atoms with Crippen molar-refractivity contribution in [3.63, 3.8) is 0 Å². The number of benzene rings is 2. The number of alkyl carbamates (subject to hydrolysis) is 1. The lowest BCUT2D eigenvalue weighted by Crippen LogP contribution is -2.44. The summed E-state index contributed by atoms with van der Waals surface area (Å²) >= 11 is 0. The van der Waals surface area contributed by atoms with Crippen molar-refractivity contribution in [3.05, 3.63) is 93.9 Å². The number of aromatic amines is 1. The molecule has 3 rings (SSSR count). The van der Waals surface area contributed by atoms with Gasteiger partial charge in [0.1, 0.15) is 19.3 Å². The monoisotopic (exact) mass is 409 g/mol. The average molecular weight is 409 g/mol. The molecule has 2 N–H and O–H groups in total. The van der Waals surface area contributed by atoms with E-state index in [4.69, 9.17) is 9.47 Å². The lowest BCUT2D eigenvalue weighted by molar-refractivity contribution is -0.147. The molecular weight excluding hydrogens is 386 g/mol. The van der Waals surface area contributed by atoms with Gasteiger partial charge in [-0.3, -0.25) is 9.48 Å². The maximum Gasteiger partial charge on any atom is 0.408 e. The van der Waals surface area contributed by atoms with Crippen LogP contribution in [0.25, 0.3) is 0 Å². The SMILES string of the molecule is Cn1[nH]cc(C[C@H](NC(=O)OCc2ccccc2)C(=O)OCc2ccccc2)c1=O. The van der Waals surface area contributed by atoms with Gasteiger partial charge in [0.25, 0.3) is 5.56 Å². The Morgan fingerprint density at radius 1 is 0.967 bits per heavy atom. The highest BCUT2D eigenvalue weighted by atomic mass is 16.6. The molecule has 0 fully saturated rings. The van der Waals surface area contributed by atoms with Crippen LogP contribution in [0, 0.1) is 0 Å². The van der Waals surface area contributed by atoms with Gasteiger partial charge < -0.3 is 19.9 Å². The van der Waals surface area contributed by atoms with E-state index in [2.05, 4.69) is 10.4 Å². The van der Waals surface area contributed by atoms with Crippen molar-refractivity contribution < 1.29 is 19.1 Å². The van der Waals surface area contributed by atoms with Crippen LogP contribution >= 0.6 is 0 Å². The Morgan fingerprint density at radius 2 is 1.53 bits per heavy atom. The Kier molecular flexibility index (Phi) is 7.05. The minimum Gasteiger partial charge on any atom is -0.459 e. The van der Waals surface area contributed by atoms with Gasteiger partial charge in [-0.25, -0.2) is 9.59 Å². The highest BCUT2D eigenvalue weighted by molar-refractivity contribution is 5.81. The van der Waals surface area contributed by atoms with Crippen molar-refractivity contribution >= 4 is 12.1 Å². The molecule has 0 aliphatic rings. The predicted molar refractivity (Wildman–Crippen MR) is 110 cm³/mol. The number of esters is 1. The zero-order valence-electron chi connectivity index (χ0n) is 16.5. The van der Waals surface area contributed by atoms with Gasteiger partial charge in [-0.1, -0.05) is 60.7 Å². The van der Waals surface area contributed by atoms with Crippen molar-refractivity contribution in [2.75, 3.05) is 0 Å². The second-order valence-corrected chi connectivity index (χ2v) is 6.72. The molecule has 1 amide bonds. The predicted octanol–water partition coefficient (Wildman–Crippen LogP) is 2.29. The van der Waals surface area contributed by atoms with E-state index in [1.807, 2.05) is 60.7 Å². The van der Waals surface area contributed by atoms with Crippen LogP contribution in [0.1, 0.15) is 16.7 Å². The van der Waals surface area contributed by atoms with E-state index in [0.717, 1.165) is 11.1 Å². The molecule has 8 heteroatoms. The molecule has 1 aromatic heterocycles. The molecular formula is C22H23N3O5. The number of hydrogen-bond donors (Lipinski definition) is 2. The zero-order chi connectivity index (χ0) is 21.3. The quantitative estimate of drug-likeness (QED) is 0.556. The van der Waals surface area contributed by atoms with E-state index in [1.54, 1.807) is 7.05 Å². The van der Waals surface area contributed by atoms with Gasteiger partial charge in [-0.05, 0) is 11.1 Å². The summed E-state index contributed by atoms with van der Waals surface area (Å²) in [7, 11) is 1.57. The first-order chi connectivity index (χ1) is 14.5. The van der Waals surface area contributed by atoms with E-state index in [1.165, 1.54) is 10.9 Å². The van der Waals surface area contributed by atoms with Crippen molar-refractivity contribution in [1.82, 2.24) is 15.1 Å². The van der Waals surface area contributed by atoms with Crippen LogP contribution in [-0.4, -0.2) is 27.9 Å². The fourth-order valence-corrected chi connectivity index (χ4v) is 2.81. The van der Waals surface area contributed by atoms with Crippen LogP contribution < -0.4 is 10.9 Å². The zero-order valence-corrected chi connectivity index (χ0v) is 16.5. The highest BCUT2D eigenvalue weighted by Gasteiger charge is 2.25. The van der Waals surface area contributed by atoms with Crippen LogP contribution in [-0.2, 0) is 41.0 Å². The molecule has 30 heavy (non-hydrogen) atoms. The number of amides is 1.